The molecule has 1 fully saturated rings. The van der Waals surface area contributed by atoms with Gasteiger partial charge in [-0.05, 0) is 36.6 Å². The summed E-state index contributed by atoms with van der Waals surface area (Å²) in [6, 6.07) is 16.9. The molecule has 0 aromatic heterocycles. The summed E-state index contributed by atoms with van der Waals surface area (Å²) in [7, 11) is 3.40. The summed E-state index contributed by atoms with van der Waals surface area (Å²) in [6.07, 6.45) is 1.59. The van der Waals surface area contributed by atoms with Gasteiger partial charge < -0.3 is 20.3 Å². The summed E-state index contributed by atoms with van der Waals surface area (Å²) in [6.45, 7) is 1.79. The SMILES string of the molecule is COC[C@H](Cc1ccccc1)N(C)C(=O)Nc1cccc(N2CCCNC2=O)c1. The lowest BCUT2D eigenvalue weighted by molar-refractivity contribution is 0.120. The minimum Gasteiger partial charge on any atom is -0.383 e. The van der Waals surface area contributed by atoms with E-state index in [0.29, 0.717) is 31.8 Å². The average molecular weight is 396 g/mol. The Bertz CT molecular complexity index is 828. The maximum Gasteiger partial charge on any atom is 0.321 e. The highest BCUT2D eigenvalue weighted by Crippen LogP contribution is 2.22. The number of methoxy groups -OCH3 is 1. The first-order valence-corrected chi connectivity index (χ1v) is 9.80. The van der Waals surface area contributed by atoms with Gasteiger partial charge in [0.25, 0.3) is 0 Å². The van der Waals surface area contributed by atoms with E-state index < -0.39 is 0 Å². The van der Waals surface area contributed by atoms with Gasteiger partial charge in [-0.15, -0.1) is 0 Å². The molecule has 1 saturated heterocycles. The Kier molecular flexibility index (Phi) is 7.08. The lowest BCUT2D eigenvalue weighted by Crippen LogP contribution is -2.46. The minimum atomic E-state index is -0.219. The first kappa shape index (κ1) is 20.7. The number of nitrogens with one attached hydrogen (secondary N) is 2. The van der Waals surface area contributed by atoms with Crippen LogP contribution in [0.25, 0.3) is 0 Å². The molecule has 154 valence electrons. The van der Waals surface area contributed by atoms with Crippen LogP contribution in [0.15, 0.2) is 54.6 Å². The molecule has 1 atom stereocenters. The molecule has 1 heterocycles. The standard InChI is InChI=1S/C22H28N4O3/c1-25(20(16-29-2)14-17-8-4-3-5-9-17)22(28)24-18-10-6-11-19(15-18)26-13-7-12-23-21(26)27/h3-6,8-11,15,20H,7,12-14,16H2,1-2H3,(H,23,27)(H,24,28)/t20-/m0/s1. The summed E-state index contributed by atoms with van der Waals surface area (Å²) >= 11 is 0. The molecule has 3 rings (SSSR count). The van der Waals surface area contributed by atoms with E-state index in [2.05, 4.69) is 10.6 Å². The zero-order valence-electron chi connectivity index (χ0n) is 16.9. The van der Waals surface area contributed by atoms with Crippen LogP contribution in [0.3, 0.4) is 0 Å². The molecular weight excluding hydrogens is 368 g/mol. The van der Waals surface area contributed by atoms with Crippen LogP contribution in [0.2, 0.25) is 0 Å². The second-order valence-corrected chi connectivity index (χ2v) is 7.13. The molecule has 0 radical (unpaired) electrons. The number of likely N-dealkylation sites (N-methyl/N-ethyl adjacent to an activating group) is 1. The largest absolute Gasteiger partial charge is 0.383 e. The molecule has 0 spiro atoms. The molecule has 2 aromatic carbocycles. The van der Waals surface area contributed by atoms with Crippen LogP contribution in [-0.2, 0) is 11.2 Å². The van der Waals surface area contributed by atoms with Crippen LogP contribution in [0, 0.1) is 0 Å². The van der Waals surface area contributed by atoms with Crippen molar-refractivity contribution in [3.8, 4) is 0 Å². The molecule has 7 heteroatoms. The number of urea groups is 2. The van der Waals surface area contributed by atoms with E-state index in [1.807, 2.05) is 54.6 Å². The van der Waals surface area contributed by atoms with Crippen molar-refractivity contribution < 1.29 is 14.3 Å². The second kappa shape index (κ2) is 9.93. The molecule has 0 unspecified atom stereocenters. The van der Waals surface area contributed by atoms with E-state index in [9.17, 15) is 9.59 Å². The Balaban J connectivity index is 1.67. The van der Waals surface area contributed by atoms with Crippen molar-refractivity contribution in [2.75, 3.05) is 44.1 Å². The van der Waals surface area contributed by atoms with Crippen molar-refractivity contribution in [2.45, 2.75) is 18.9 Å². The fourth-order valence-electron chi connectivity index (χ4n) is 3.39. The van der Waals surface area contributed by atoms with Gasteiger partial charge >= 0.3 is 12.1 Å². The van der Waals surface area contributed by atoms with Crippen LogP contribution in [0.5, 0.6) is 0 Å². The Morgan fingerprint density at radius 1 is 1.24 bits per heavy atom. The van der Waals surface area contributed by atoms with Crippen molar-refractivity contribution in [3.05, 3.63) is 60.2 Å². The van der Waals surface area contributed by atoms with E-state index in [1.165, 1.54) is 0 Å². The van der Waals surface area contributed by atoms with Crippen molar-refractivity contribution in [3.63, 3.8) is 0 Å². The van der Waals surface area contributed by atoms with Crippen LogP contribution in [0.1, 0.15) is 12.0 Å². The summed E-state index contributed by atoms with van der Waals surface area (Å²) in [5.74, 6) is 0. The van der Waals surface area contributed by atoms with Crippen LogP contribution >= 0.6 is 0 Å². The first-order valence-electron chi connectivity index (χ1n) is 9.80. The predicted molar refractivity (Wildman–Crippen MR) is 114 cm³/mol. The third kappa shape index (κ3) is 5.48. The third-order valence-corrected chi connectivity index (χ3v) is 5.03. The third-order valence-electron chi connectivity index (χ3n) is 5.03. The number of hydrogen-bond acceptors (Lipinski definition) is 3. The number of hydrogen-bond donors (Lipinski definition) is 2. The number of carbonyl (C=O) groups is 2. The monoisotopic (exact) mass is 396 g/mol. The summed E-state index contributed by atoms with van der Waals surface area (Å²) in [5, 5.41) is 5.77. The Labute approximate surface area is 171 Å². The van der Waals surface area contributed by atoms with Gasteiger partial charge in [-0.2, -0.15) is 0 Å². The molecule has 0 aliphatic carbocycles. The van der Waals surface area contributed by atoms with E-state index in [-0.39, 0.29) is 18.1 Å². The van der Waals surface area contributed by atoms with Crippen molar-refractivity contribution in [1.82, 2.24) is 10.2 Å². The van der Waals surface area contributed by atoms with Crippen LogP contribution < -0.4 is 15.5 Å². The summed E-state index contributed by atoms with van der Waals surface area (Å²) in [5.41, 5.74) is 2.56. The van der Waals surface area contributed by atoms with Crippen molar-refractivity contribution in [1.29, 1.82) is 0 Å². The zero-order valence-corrected chi connectivity index (χ0v) is 16.9. The Hall–Kier alpha value is -3.06. The van der Waals surface area contributed by atoms with E-state index >= 15 is 0 Å². The van der Waals surface area contributed by atoms with E-state index in [1.54, 1.807) is 24.0 Å². The topological polar surface area (TPSA) is 73.9 Å². The normalized spacial score (nSPS) is 14.8. The van der Waals surface area contributed by atoms with Crippen molar-refractivity contribution >= 4 is 23.4 Å². The van der Waals surface area contributed by atoms with Gasteiger partial charge in [-0.1, -0.05) is 36.4 Å². The second-order valence-electron chi connectivity index (χ2n) is 7.13. The maximum absolute atomic E-state index is 12.8. The summed E-state index contributed by atoms with van der Waals surface area (Å²) in [4.78, 5) is 28.3. The highest BCUT2D eigenvalue weighted by atomic mass is 16.5. The number of anilines is 2. The number of benzene rings is 2. The molecule has 2 N–H and O–H groups in total. The number of amides is 4. The number of ether oxygens (including phenoxy) is 1. The smallest absolute Gasteiger partial charge is 0.321 e. The minimum absolute atomic E-state index is 0.0987. The van der Waals surface area contributed by atoms with Gasteiger partial charge in [0.1, 0.15) is 0 Å². The van der Waals surface area contributed by atoms with Crippen LogP contribution in [-0.4, -0.2) is 56.9 Å². The predicted octanol–water partition coefficient (Wildman–Crippen LogP) is 3.33. The number of rotatable bonds is 7. The molecular formula is C22H28N4O3. The zero-order chi connectivity index (χ0) is 20.6. The highest BCUT2D eigenvalue weighted by Gasteiger charge is 2.22. The van der Waals surface area contributed by atoms with Gasteiger partial charge in [0.15, 0.2) is 0 Å². The fourth-order valence-corrected chi connectivity index (χ4v) is 3.39. The van der Waals surface area contributed by atoms with E-state index in [4.69, 9.17) is 4.74 Å². The molecule has 0 saturated carbocycles. The summed E-state index contributed by atoms with van der Waals surface area (Å²) < 4.78 is 5.34. The average Bonchev–Trinajstić information content (AvgIpc) is 2.74. The molecule has 7 nitrogen and oxygen atoms in total. The first-order chi connectivity index (χ1) is 14.1. The Morgan fingerprint density at radius 3 is 2.76 bits per heavy atom. The molecule has 1 aliphatic rings. The highest BCUT2D eigenvalue weighted by molar-refractivity contribution is 5.94. The van der Waals surface area contributed by atoms with Crippen molar-refractivity contribution in [2.24, 2.45) is 0 Å². The lowest BCUT2D eigenvalue weighted by Gasteiger charge is -2.29. The lowest BCUT2D eigenvalue weighted by atomic mass is 10.1. The van der Waals surface area contributed by atoms with Gasteiger partial charge in [0, 0.05) is 38.6 Å². The molecule has 0 bridgehead atoms. The molecule has 1 aliphatic heterocycles. The van der Waals surface area contributed by atoms with Gasteiger partial charge in [0.2, 0.25) is 0 Å². The van der Waals surface area contributed by atoms with Crippen LogP contribution in [0.4, 0.5) is 21.0 Å². The van der Waals surface area contributed by atoms with Gasteiger partial charge in [-0.3, -0.25) is 4.90 Å². The van der Waals surface area contributed by atoms with Gasteiger partial charge in [-0.25, -0.2) is 9.59 Å². The number of nitrogens with zero attached hydrogens (tertiary/aromatic N) is 2. The molecule has 2 aromatic rings. The Morgan fingerprint density at radius 2 is 2.03 bits per heavy atom. The quantitative estimate of drug-likeness (QED) is 0.754. The molecule has 29 heavy (non-hydrogen) atoms. The maximum atomic E-state index is 12.8. The van der Waals surface area contributed by atoms with E-state index in [0.717, 1.165) is 17.7 Å². The number of carbonyl (C=O) groups excluding carboxylic acids is 2. The van der Waals surface area contributed by atoms with Gasteiger partial charge in [0.05, 0.1) is 12.6 Å². The molecule has 4 amide bonds. The fraction of sp³-hybridized carbons (Fsp3) is 0.364.